The molecule has 13 nitrogen and oxygen atoms in total. The van der Waals surface area contributed by atoms with Crippen LogP contribution in [0, 0.1) is 5.82 Å². The van der Waals surface area contributed by atoms with Gasteiger partial charge in [-0.2, -0.15) is 0 Å². The largest absolute Gasteiger partial charge is 0.492 e. The molecule has 0 radical (unpaired) electrons. The number of carbonyl (C=O) groups excluding carboxylic acids is 2. The van der Waals surface area contributed by atoms with Crippen molar-refractivity contribution < 1.29 is 28.8 Å². The molecule has 5 heterocycles. The Morgan fingerprint density at radius 1 is 1.27 bits per heavy atom. The average Bonchev–Trinajstić information content (AvgIpc) is 3.43. The maximum Gasteiger partial charge on any atom is 0.343 e. The van der Waals surface area contributed by atoms with E-state index in [2.05, 4.69) is 44.8 Å². The van der Waals surface area contributed by atoms with Crippen LogP contribution in [0.4, 0.5) is 4.39 Å². The van der Waals surface area contributed by atoms with Crippen molar-refractivity contribution in [1.82, 2.24) is 25.8 Å². The molecule has 1 aromatic carbocycles. The summed E-state index contributed by atoms with van der Waals surface area (Å²) < 4.78 is 19.1. The van der Waals surface area contributed by atoms with Gasteiger partial charge in [-0.1, -0.05) is 26.0 Å². The normalized spacial score (nSPS) is 29.1. The lowest BCUT2D eigenvalue weighted by Crippen LogP contribution is -2.88. The fraction of sp³-hybridized carbons (Fsp3) is 0.444. The Bertz CT molecular complexity index is 1460. The number of nitrogens with two attached hydrogens (primary N) is 2. The molecule has 2 amide bonds. The first-order chi connectivity index (χ1) is 19.5. The second kappa shape index (κ2) is 9.58. The minimum Gasteiger partial charge on any atom is -0.492 e. The molecule has 41 heavy (non-hydrogen) atoms. The molecule has 4 aliphatic rings. The number of hydrogen-bond acceptors (Lipinski definition) is 10. The van der Waals surface area contributed by atoms with Crippen molar-refractivity contribution in [3.05, 3.63) is 59.2 Å². The SMILES string of the molecule is CC1(C)CCOc2c(C(=O)N[C@@H]3CN4C(N)=N[C@@H](CNC(=O)c5ccc(F)cn5)C5[NH+]=C(N)NC54[C@@H]3O)cccc21. The van der Waals surface area contributed by atoms with E-state index in [0.29, 0.717) is 17.9 Å². The van der Waals surface area contributed by atoms with Crippen LogP contribution < -0.4 is 37.1 Å². The van der Waals surface area contributed by atoms with Gasteiger partial charge in [0.2, 0.25) is 5.66 Å². The lowest BCUT2D eigenvalue weighted by molar-refractivity contribution is -0.513. The number of nitrogens with one attached hydrogen (secondary N) is 4. The van der Waals surface area contributed by atoms with E-state index in [1.54, 1.807) is 11.0 Å². The molecular formula is C27H33FN9O4+. The molecule has 14 heteroatoms. The van der Waals surface area contributed by atoms with E-state index in [1.807, 2.05) is 12.1 Å². The number of aliphatic imine (C=N–C) groups is 1. The number of amides is 2. The zero-order valence-corrected chi connectivity index (χ0v) is 22.6. The molecule has 2 aromatic rings. The van der Waals surface area contributed by atoms with Crippen LogP contribution in [0.15, 0.2) is 41.5 Å². The van der Waals surface area contributed by atoms with Gasteiger partial charge in [0, 0.05) is 18.7 Å². The Balaban J connectivity index is 1.22. The Morgan fingerprint density at radius 3 is 2.83 bits per heavy atom. The van der Waals surface area contributed by atoms with Crippen LogP contribution in [-0.2, 0) is 5.41 Å². The summed E-state index contributed by atoms with van der Waals surface area (Å²) in [6, 6.07) is 5.90. The second-order valence-electron chi connectivity index (χ2n) is 11.4. The third kappa shape index (κ3) is 4.29. The van der Waals surface area contributed by atoms with Crippen molar-refractivity contribution in [3.8, 4) is 5.75 Å². The van der Waals surface area contributed by atoms with E-state index in [1.165, 1.54) is 6.07 Å². The highest BCUT2D eigenvalue weighted by atomic mass is 19.1. The zero-order chi connectivity index (χ0) is 29.1. The van der Waals surface area contributed by atoms with Gasteiger partial charge in [-0.05, 0) is 30.0 Å². The van der Waals surface area contributed by atoms with Gasteiger partial charge >= 0.3 is 5.96 Å². The number of pyridine rings is 1. The minimum atomic E-state index is -1.24. The van der Waals surface area contributed by atoms with Crippen LogP contribution in [0.1, 0.15) is 46.7 Å². The third-order valence-electron chi connectivity index (χ3n) is 8.45. The lowest BCUT2D eigenvalue weighted by Gasteiger charge is -2.43. The van der Waals surface area contributed by atoms with Crippen LogP contribution in [0.3, 0.4) is 0 Å². The average molecular weight is 567 g/mol. The Hall–Kier alpha value is -4.46. The van der Waals surface area contributed by atoms with E-state index in [4.69, 9.17) is 16.2 Å². The number of benzene rings is 1. The highest BCUT2D eigenvalue weighted by Gasteiger charge is 2.68. The molecule has 0 bridgehead atoms. The molecule has 9 N–H and O–H groups in total. The smallest absolute Gasteiger partial charge is 0.343 e. The standard InChI is InChI=1S/C27H32FN9O4/c1-26(2)8-9-41-19-14(4-3-5-15(19)26)22(39)33-18-12-37-25(30)34-17(20-27(37,21(18)38)36-24(29)35-20)11-32-23(40)16-7-6-13(28)10-31-16/h3-7,10,17-18,20-21,38H,8-9,11-12H2,1-2H3,(H2,30,34)(H,32,40)(H,33,39)(H3,29,35,36)/p+1/t17-,18+,20?,21+,27?/m0/s1. The number of aromatic nitrogens is 1. The first kappa shape index (κ1) is 26.7. The van der Waals surface area contributed by atoms with Gasteiger partial charge in [0.05, 0.1) is 24.4 Å². The summed E-state index contributed by atoms with van der Waals surface area (Å²) in [5.74, 6) is -0.603. The van der Waals surface area contributed by atoms with Gasteiger partial charge in [0.1, 0.15) is 29.4 Å². The molecule has 2 unspecified atom stereocenters. The van der Waals surface area contributed by atoms with Gasteiger partial charge in [-0.15, -0.1) is 0 Å². The summed E-state index contributed by atoms with van der Waals surface area (Å²) in [5.41, 5.74) is 12.5. The maximum absolute atomic E-state index is 13.5. The van der Waals surface area contributed by atoms with E-state index in [0.717, 1.165) is 24.2 Å². The maximum atomic E-state index is 13.5. The minimum absolute atomic E-state index is 0.0217. The molecule has 1 aromatic heterocycles. The summed E-state index contributed by atoms with van der Waals surface area (Å²) in [7, 11) is 0. The van der Waals surface area contributed by atoms with E-state index in [-0.39, 0.29) is 42.0 Å². The number of nitrogens with zero attached hydrogens (tertiary/aromatic N) is 3. The Kier molecular flexibility index (Phi) is 6.25. The third-order valence-corrected chi connectivity index (χ3v) is 8.45. The van der Waals surface area contributed by atoms with Gasteiger partial charge < -0.3 is 31.1 Å². The molecule has 0 aliphatic carbocycles. The van der Waals surface area contributed by atoms with Gasteiger partial charge in [0.15, 0.2) is 12.0 Å². The quantitative estimate of drug-likeness (QED) is 0.201. The second-order valence-corrected chi connectivity index (χ2v) is 11.4. The molecule has 216 valence electrons. The van der Waals surface area contributed by atoms with Crippen LogP contribution in [0.25, 0.3) is 0 Å². The summed E-state index contributed by atoms with van der Waals surface area (Å²) in [4.78, 5) is 39.3. The predicted octanol–water partition coefficient (Wildman–Crippen LogP) is -2.75. The zero-order valence-electron chi connectivity index (χ0n) is 22.6. The van der Waals surface area contributed by atoms with Crippen molar-refractivity contribution in [2.45, 2.75) is 55.6 Å². The monoisotopic (exact) mass is 566 g/mol. The van der Waals surface area contributed by atoms with Crippen molar-refractivity contribution in [1.29, 1.82) is 0 Å². The van der Waals surface area contributed by atoms with Crippen LogP contribution in [-0.4, -0.2) is 88.3 Å². The first-order valence-corrected chi connectivity index (χ1v) is 13.4. The molecule has 1 spiro atoms. The highest BCUT2D eigenvalue weighted by molar-refractivity contribution is 5.98. The number of aliphatic hydroxyl groups excluding tert-OH is 1. The van der Waals surface area contributed by atoms with Crippen molar-refractivity contribution in [3.63, 3.8) is 0 Å². The number of halogens is 1. The van der Waals surface area contributed by atoms with E-state index < -0.39 is 41.6 Å². The summed E-state index contributed by atoms with van der Waals surface area (Å²) in [5, 5.41) is 20.5. The first-order valence-electron chi connectivity index (χ1n) is 13.4. The number of aliphatic hydroxyl groups is 1. The van der Waals surface area contributed by atoms with Crippen molar-refractivity contribution in [2.24, 2.45) is 16.5 Å². The molecule has 6 rings (SSSR count). The number of para-hydroxylation sites is 1. The molecular weight excluding hydrogens is 533 g/mol. The number of fused-ring (bicyclic) bond motifs is 1. The summed E-state index contributed by atoms with van der Waals surface area (Å²) in [6.45, 7) is 4.91. The molecule has 0 saturated carbocycles. The van der Waals surface area contributed by atoms with E-state index >= 15 is 0 Å². The van der Waals surface area contributed by atoms with Crippen LogP contribution in [0.5, 0.6) is 5.75 Å². The Labute approximate surface area is 235 Å². The summed E-state index contributed by atoms with van der Waals surface area (Å²) >= 11 is 0. The number of rotatable bonds is 5. The lowest BCUT2D eigenvalue weighted by atomic mass is 9.79. The fourth-order valence-electron chi connectivity index (χ4n) is 6.28. The number of guanidine groups is 2. The van der Waals surface area contributed by atoms with Gasteiger partial charge in [-0.3, -0.25) is 20.3 Å². The topological polar surface area (TPSA) is 194 Å². The molecule has 1 fully saturated rings. The number of ether oxygens (including phenoxy) is 1. The Morgan fingerprint density at radius 2 is 2.07 bits per heavy atom. The predicted molar refractivity (Wildman–Crippen MR) is 145 cm³/mol. The highest BCUT2D eigenvalue weighted by Crippen LogP contribution is 2.41. The number of hydrogen-bond donors (Lipinski definition) is 7. The molecule has 5 atom stereocenters. The van der Waals surface area contributed by atoms with Gasteiger partial charge in [-0.25, -0.2) is 19.7 Å². The summed E-state index contributed by atoms with van der Waals surface area (Å²) in [6.07, 6.45) is 0.619. The molecule has 4 aliphatic heterocycles. The van der Waals surface area contributed by atoms with Crippen LogP contribution in [0.2, 0.25) is 0 Å². The molecule has 1 saturated heterocycles. The van der Waals surface area contributed by atoms with E-state index in [9.17, 15) is 19.1 Å². The van der Waals surface area contributed by atoms with Gasteiger partial charge in [0.25, 0.3) is 11.8 Å². The van der Waals surface area contributed by atoms with Crippen LogP contribution >= 0.6 is 0 Å². The van der Waals surface area contributed by atoms with Crippen molar-refractivity contribution in [2.75, 3.05) is 19.7 Å². The van der Waals surface area contributed by atoms with Crippen molar-refractivity contribution >= 4 is 23.7 Å². The fourth-order valence-corrected chi connectivity index (χ4v) is 6.28. The number of carbonyl (C=O) groups is 2.